The third-order valence-electron chi connectivity index (χ3n) is 6.51. The van der Waals surface area contributed by atoms with Crippen LogP contribution in [0.15, 0.2) is 48.5 Å². The molecule has 4 rings (SSSR count). The molecule has 1 amide bonds. The second kappa shape index (κ2) is 9.05. The van der Waals surface area contributed by atoms with E-state index in [2.05, 4.69) is 49.9 Å². The van der Waals surface area contributed by atoms with Crippen molar-refractivity contribution in [2.45, 2.75) is 39.2 Å². The van der Waals surface area contributed by atoms with Gasteiger partial charge in [-0.1, -0.05) is 39.0 Å². The molecule has 1 aliphatic heterocycles. The highest BCUT2D eigenvalue weighted by Gasteiger charge is 2.27. The van der Waals surface area contributed by atoms with Crippen LogP contribution in [0.4, 0.5) is 5.69 Å². The first kappa shape index (κ1) is 23.7. The number of benzene rings is 2. The van der Waals surface area contributed by atoms with Crippen molar-refractivity contribution in [1.82, 2.24) is 9.47 Å². The Morgan fingerprint density at radius 2 is 1.68 bits per heavy atom. The van der Waals surface area contributed by atoms with Crippen molar-refractivity contribution < 1.29 is 19.4 Å². The van der Waals surface area contributed by atoms with E-state index in [9.17, 15) is 9.59 Å². The van der Waals surface area contributed by atoms with Gasteiger partial charge in [-0.2, -0.15) is 0 Å². The first-order valence-electron chi connectivity index (χ1n) is 11.7. The number of anilines is 1. The number of amides is 1. The zero-order valence-corrected chi connectivity index (χ0v) is 20.5. The quantitative estimate of drug-likeness (QED) is 0.611. The van der Waals surface area contributed by atoms with Gasteiger partial charge in [-0.3, -0.25) is 4.79 Å². The van der Waals surface area contributed by atoms with Crippen molar-refractivity contribution in [2.75, 3.05) is 31.1 Å². The fraction of sp³-hybridized carbons (Fsp3) is 0.407. The van der Waals surface area contributed by atoms with Crippen LogP contribution in [-0.4, -0.2) is 58.7 Å². The fourth-order valence-corrected chi connectivity index (χ4v) is 4.56. The Kier molecular flexibility index (Phi) is 6.30. The van der Waals surface area contributed by atoms with E-state index in [0.29, 0.717) is 24.5 Å². The van der Waals surface area contributed by atoms with Gasteiger partial charge in [0.2, 0.25) is 0 Å². The van der Waals surface area contributed by atoms with Crippen molar-refractivity contribution >= 4 is 28.5 Å². The molecule has 0 spiro atoms. The Hall–Kier alpha value is -3.48. The number of aromatic nitrogens is 1. The van der Waals surface area contributed by atoms with Gasteiger partial charge in [0.1, 0.15) is 11.4 Å². The summed E-state index contributed by atoms with van der Waals surface area (Å²) in [5.74, 6) is -0.546. The van der Waals surface area contributed by atoms with Crippen LogP contribution in [0.25, 0.3) is 10.9 Å². The lowest BCUT2D eigenvalue weighted by Gasteiger charge is -2.38. The Morgan fingerprint density at radius 3 is 2.32 bits per heavy atom. The Morgan fingerprint density at radius 1 is 1.00 bits per heavy atom. The van der Waals surface area contributed by atoms with Gasteiger partial charge in [0.25, 0.3) is 5.91 Å². The highest BCUT2D eigenvalue weighted by atomic mass is 16.5. The molecule has 2 heterocycles. The van der Waals surface area contributed by atoms with Crippen molar-refractivity contribution in [3.05, 3.63) is 59.8 Å². The number of aliphatic carboxylic acids is 1. The number of carboxylic acid groups (broad SMARTS) is 1. The first-order chi connectivity index (χ1) is 16.1. The third kappa shape index (κ3) is 4.60. The van der Waals surface area contributed by atoms with Crippen molar-refractivity contribution in [2.24, 2.45) is 7.05 Å². The lowest BCUT2D eigenvalue weighted by Crippen LogP contribution is -2.49. The summed E-state index contributed by atoms with van der Waals surface area (Å²) in [4.78, 5) is 28.8. The average Bonchev–Trinajstić information content (AvgIpc) is 3.13. The van der Waals surface area contributed by atoms with Gasteiger partial charge >= 0.3 is 5.97 Å². The number of fused-ring (bicyclic) bond motifs is 1. The van der Waals surface area contributed by atoms with Crippen molar-refractivity contribution in [3.63, 3.8) is 0 Å². The van der Waals surface area contributed by atoms with E-state index in [-0.39, 0.29) is 11.3 Å². The molecule has 180 valence electrons. The van der Waals surface area contributed by atoms with E-state index in [1.807, 2.05) is 28.6 Å². The van der Waals surface area contributed by atoms with E-state index in [1.54, 1.807) is 12.1 Å². The van der Waals surface area contributed by atoms with Gasteiger partial charge in [-0.15, -0.1) is 0 Å². The number of carbonyl (C=O) groups excluding carboxylic acids is 1. The van der Waals surface area contributed by atoms with Gasteiger partial charge in [0.05, 0.1) is 0 Å². The van der Waals surface area contributed by atoms with Gasteiger partial charge < -0.3 is 24.2 Å². The molecule has 1 atom stereocenters. The van der Waals surface area contributed by atoms with Crippen LogP contribution in [0.3, 0.4) is 0 Å². The van der Waals surface area contributed by atoms with E-state index >= 15 is 0 Å². The van der Waals surface area contributed by atoms with E-state index in [0.717, 1.165) is 24.0 Å². The molecule has 1 aromatic heterocycles. The maximum Gasteiger partial charge on any atom is 0.344 e. The second-order valence-corrected chi connectivity index (χ2v) is 9.95. The van der Waals surface area contributed by atoms with Crippen LogP contribution in [-0.2, 0) is 17.3 Å². The summed E-state index contributed by atoms with van der Waals surface area (Å²) in [6.45, 7) is 11.1. The lowest BCUT2D eigenvalue weighted by atomic mass is 9.85. The van der Waals surface area contributed by atoms with Crippen LogP contribution < -0.4 is 9.64 Å². The molecular weight excluding hydrogens is 430 g/mol. The number of rotatable bonds is 5. The van der Waals surface area contributed by atoms with Crippen LogP contribution >= 0.6 is 0 Å². The molecule has 1 fully saturated rings. The van der Waals surface area contributed by atoms with E-state index < -0.39 is 12.1 Å². The molecule has 2 aromatic carbocycles. The predicted molar refractivity (Wildman–Crippen MR) is 134 cm³/mol. The topological polar surface area (TPSA) is 75.0 Å². The number of piperazine rings is 1. The zero-order chi connectivity index (χ0) is 24.6. The van der Waals surface area contributed by atoms with Gasteiger partial charge in [-0.25, -0.2) is 4.79 Å². The van der Waals surface area contributed by atoms with Gasteiger partial charge in [0, 0.05) is 49.8 Å². The smallest absolute Gasteiger partial charge is 0.344 e. The molecule has 7 nitrogen and oxygen atoms in total. The maximum atomic E-state index is 13.4. The number of ether oxygens (including phenoxy) is 1. The van der Waals surface area contributed by atoms with Crippen LogP contribution in [0.2, 0.25) is 0 Å². The molecule has 34 heavy (non-hydrogen) atoms. The third-order valence-corrected chi connectivity index (χ3v) is 6.51. The van der Waals surface area contributed by atoms with Crippen molar-refractivity contribution in [3.8, 4) is 5.75 Å². The number of hydrogen-bond acceptors (Lipinski definition) is 4. The number of carboxylic acids is 1. The Bertz CT molecular complexity index is 1220. The van der Waals surface area contributed by atoms with Crippen LogP contribution in [0.5, 0.6) is 5.75 Å². The average molecular weight is 464 g/mol. The number of nitrogens with zero attached hydrogens (tertiary/aromatic N) is 3. The maximum absolute atomic E-state index is 13.4. The molecule has 0 radical (unpaired) electrons. The molecule has 0 saturated carbocycles. The standard InChI is InChI=1S/C27H33N3O4/c1-18(26(32)33)34-20-10-11-22-19(16-20)17-24(28(22)5)25(31)30-14-12-29(13-15-30)23-9-7-6-8-21(23)27(2,3)4/h6-11,16-18H,12-15H2,1-5H3,(H,32,33). The molecule has 1 N–H and O–H groups in total. The summed E-state index contributed by atoms with van der Waals surface area (Å²) in [6.07, 6.45) is -0.943. The molecule has 1 saturated heterocycles. The monoisotopic (exact) mass is 463 g/mol. The minimum absolute atomic E-state index is 0.00355. The second-order valence-electron chi connectivity index (χ2n) is 9.95. The molecule has 0 aliphatic carbocycles. The Labute approximate surface area is 200 Å². The fourth-order valence-electron chi connectivity index (χ4n) is 4.56. The molecular formula is C27H33N3O4. The molecule has 7 heteroatoms. The Balaban J connectivity index is 1.50. The van der Waals surface area contributed by atoms with Crippen LogP contribution in [0, 0.1) is 0 Å². The highest BCUT2D eigenvalue weighted by molar-refractivity contribution is 5.99. The summed E-state index contributed by atoms with van der Waals surface area (Å²) in [6, 6.07) is 15.8. The molecule has 1 aliphatic rings. The zero-order valence-electron chi connectivity index (χ0n) is 20.5. The van der Waals surface area contributed by atoms with Crippen LogP contribution in [0.1, 0.15) is 43.7 Å². The molecule has 3 aromatic rings. The normalized spacial score (nSPS) is 15.4. The SMILES string of the molecule is CC(Oc1ccc2c(c1)cc(C(=O)N1CCN(c3ccccc3C(C)(C)C)CC1)n2C)C(=O)O. The summed E-state index contributed by atoms with van der Waals surface area (Å²) >= 11 is 0. The summed E-state index contributed by atoms with van der Waals surface area (Å²) in [7, 11) is 1.88. The van der Waals surface area contributed by atoms with E-state index in [4.69, 9.17) is 9.84 Å². The first-order valence-corrected chi connectivity index (χ1v) is 11.7. The minimum Gasteiger partial charge on any atom is -0.479 e. The highest BCUT2D eigenvalue weighted by Crippen LogP contribution is 2.32. The number of carbonyl (C=O) groups is 2. The van der Waals surface area contributed by atoms with Gasteiger partial charge in [-0.05, 0) is 48.2 Å². The number of hydrogen-bond donors (Lipinski definition) is 1. The summed E-state index contributed by atoms with van der Waals surface area (Å²) in [5, 5.41) is 9.93. The largest absolute Gasteiger partial charge is 0.479 e. The lowest BCUT2D eigenvalue weighted by molar-refractivity contribution is -0.144. The summed E-state index contributed by atoms with van der Waals surface area (Å²) in [5.41, 5.74) is 4.13. The molecule has 0 bridgehead atoms. The summed E-state index contributed by atoms with van der Waals surface area (Å²) < 4.78 is 7.38. The van der Waals surface area contributed by atoms with Gasteiger partial charge in [0.15, 0.2) is 6.10 Å². The molecule has 1 unspecified atom stereocenters. The predicted octanol–water partition coefficient (Wildman–Crippen LogP) is 4.29. The van der Waals surface area contributed by atoms with E-state index in [1.165, 1.54) is 18.2 Å². The number of para-hydroxylation sites is 1. The number of aryl methyl sites for hydroxylation is 1. The minimum atomic E-state index is -1.02. The van der Waals surface area contributed by atoms with Crippen molar-refractivity contribution in [1.29, 1.82) is 0 Å².